The molecule has 6 nitrogen and oxygen atoms in total. The fourth-order valence-corrected chi connectivity index (χ4v) is 5.34. The van der Waals surface area contributed by atoms with Gasteiger partial charge in [0.25, 0.3) is 5.91 Å². The smallest absolute Gasteiger partial charge is 0.296 e. The van der Waals surface area contributed by atoms with Crippen molar-refractivity contribution in [1.29, 1.82) is 0 Å². The van der Waals surface area contributed by atoms with E-state index in [1.807, 2.05) is 55.5 Å². The van der Waals surface area contributed by atoms with Gasteiger partial charge in [-0.1, -0.05) is 71.5 Å². The van der Waals surface area contributed by atoms with Crippen molar-refractivity contribution in [2.45, 2.75) is 13.0 Å². The number of nitrogens with zero attached hydrogens (tertiary/aromatic N) is 2. The number of amides is 1. The van der Waals surface area contributed by atoms with Gasteiger partial charge in [0.2, 0.25) is 0 Å². The lowest BCUT2D eigenvalue weighted by Gasteiger charge is -2.24. The molecule has 0 fully saturated rings. The highest BCUT2D eigenvalue weighted by atomic mass is 35.5. The third kappa shape index (κ3) is 4.51. The Hall–Kier alpha value is -3.94. The Kier molecular flexibility index (Phi) is 6.59. The number of carbonyl (C=O) groups excluding carboxylic acids is 2. The number of aliphatic hydroxyl groups is 1. The fraction of sp³-hybridized carbons (Fsp3) is 0.107. The Morgan fingerprint density at radius 3 is 2.69 bits per heavy atom. The van der Waals surface area contributed by atoms with Crippen LogP contribution >= 0.6 is 22.9 Å². The van der Waals surface area contributed by atoms with Gasteiger partial charge in [0, 0.05) is 5.02 Å². The molecular weight excluding hydrogens is 496 g/mol. The molecule has 8 heteroatoms. The number of benzene rings is 3. The maximum Gasteiger partial charge on any atom is 0.296 e. The summed E-state index contributed by atoms with van der Waals surface area (Å²) in [6, 6.07) is 20.8. The zero-order valence-corrected chi connectivity index (χ0v) is 20.8. The van der Waals surface area contributed by atoms with Gasteiger partial charge in [-0.25, -0.2) is 4.98 Å². The number of aliphatic hydroxyl groups excluding tert-OH is 1. The standard InChI is InChI=1S/C28H21ClN2O4S/c1-2-35-20-12-13-21-23(16-20)36-28(30-21)31-25(18-9-6-10-19(29)15-18)24(26(33)27(31)34)22(32)14-11-17-7-4-3-5-8-17/h3-16,25,33H,2H2,1H3/b14-11+. The van der Waals surface area contributed by atoms with Gasteiger partial charge >= 0.3 is 0 Å². The van der Waals surface area contributed by atoms with Crippen molar-refractivity contribution >= 4 is 56.1 Å². The number of rotatable bonds is 7. The third-order valence-corrected chi connectivity index (χ3v) is 6.98. The van der Waals surface area contributed by atoms with Crippen LogP contribution in [-0.4, -0.2) is 28.4 Å². The minimum atomic E-state index is -0.893. The lowest BCUT2D eigenvalue weighted by Crippen LogP contribution is -2.30. The molecule has 0 aliphatic carbocycles. The first-order chi connectivity index (χ1) is 17.5. The number of carbonyl (C=O) groups is 2. The van der Waals surface area contributed by atoms with E-state index in [-0.39, 0.29) is 5.57 Å². The van der Waals surface area contributed by atoms with Crippen LogP contribution in [0.1, 0.15) is 24.1 Å². The van der Waals surface area contributed by atoms with E-state index in [0.29, 0.717) is 33.6 Å². The molecule has 1 N–H and O–H groups in total. The van der Waals surface area contributed by atoms with Crippen LogP contribution in [0.3, 0.4) is 0 Å². The van der Waals surface area contributed by atoms with E-state index in [2.05, 4.69) is 4.98 Å². The first-order valence-corrected chi connectivity index (χ1v) is 12.5. The van der Waals surface area contributed by atoms with Crippen molar-refractivity contribution in [2.75, 3.05) is 11.5 Å². The van der Waals surface area contributed by atoms with E-state index < -0.39 is 23.5 Å². The first-order valence-electron chi connectivity index (χ1n) is 11.3. The van der Waals surface area contributed by atoms with Gasteiger partial charge in [-0.3, -0.25) is 14.5 Å². The zero-order chi connectivity index (χ0) is 25.2. The van der Waals surface area contributed by atoms with Crippen LogP contribution in [-0.2, 0) is 9.59 Å². The van der Waals surface area contributed by atoms with Crippen molar-refractivity contribution in [2.24, 2.45) is 0 Å². The summed E-state index contributed by atoms with van der Waals surface area (Å²) >= 11 is 7.54. The fourth-order valence-electron chi connectivity index (χ4n) is 4.12. The van der Waals surface area contributed by atoms with Crippen LogP contribution in [0, 0.1) is 0 Å². The molecule has 1 aromatic heterocycles. The maximum absolute atomic E-state index is 13.4. The molecule has 1 aliphatic rings. The van der Waals surface area contributed by atoms with Crippen molar-refractivity contribution in [1.82, 2.24) is 4.98 Å². The summed E-state index contributed by atoms with van der Waals surface area (Å²) < 4.78 is 6.40. The predicted molar refractivity (Wildman–Crippen MR) is 143 cm³/mol. The molecule has 36 heavy (non-hydrogen) atoms. The van der Waals surface area contributed by atoms with Crippen molar-refractivity contribution in [3.8, 4) is 5.75 Å². The Morgan fingerprint density at radius 1 is 1.14 bits per heavy atom. The van der Waals surface area contributed by atoms with E-state index >= 15 is 0 Å². The van der Waals surface area contributed by atoms with Crippen molar-refractivity contribution in [3.05, 3.63) is 106 Å². The molecule has 0 saturated carbocycles. The largest absolute Gasteiger partial charge is 0.503 e. The number of hydrogen-bond donors (Lipinski definition) is 1. The summed E-state index contributed by atoms with van der Waals surface area (Å²) in [5.41, 5.74) is 2.07. The Bertz CT molecular complexity index is 1530. The quantitative estimate of drug-likeness (QED) is 0.282. The lowest BCUT2D eigenvalue weighted by atomic mass is 9.96. The summed E-state index contributed by atoms with van der Waals surface area (Å²) in [6.45, 7) is 2.43. The number of anilines is 1. The van der Waals surface area contributed by atoms with Gasteiger partial charge in [-0.05, 0) is 54.5 Å². The SMILES string of the molecule is CCOc1ccc2nc(N3C(=O)C(O)=C(C(=O)/C=C/c4ccccc4)C3c3cccc(Cl)c3)sc2c1. The molecule has 1 unspecified atom stereocenters. The van der Waals surface area contributed by atoms with E-state index in [4.69, 9.17) is 16.3 Å². The summed E-state index contributed by atoms with van der Waals surface area (Å²) in [5, 5.41) is 11.7. The van der Waals surface area contributed by atoms with E-state index in [9.17, 15) is 14.7 Å². The lowest BCUT2D eigenvalue weighted by molar-refractivity contribution is -0.117. The maximum atomic E-state index is 13.4. The topological polar surface area (TPSA) is 79.7 Å². The number of fused-ring (bicyclic) bond motifs is 1. The summed E-state index contributed by atoms with van der Waals surface area (Å²) in [7, 11) is 0. The molecule has 1 atom stereocenters. The van der Waals surface area contributed by atoms with Gasteiger partial charge < -0.3 is 9.84 Å². The minimum absolute atomic E-state index is 0.0243. The first kappa shape index (κ1) is 23.8. The van der Waals surface area contributed by atoms with Gasteiger partial charge in [-0.15, -0.1) is 0 Å². The van der Waals surface area contributed by atoms with Gasteiger partial charge in [0.15, 0.2) is 16.7 Å². The number of ether oxygens (including phenoxy) is 1. The van der Waals surface area contributed by atoms with Gasteiger partial charge in [0.05, 0.1) is 28.4 Å². The van der Waals surface area contributed by atoms with E-state index in [0.717, 1.165) is 10.3 Å². The number of ketones is 1. The number of allylic oxidation sites excluding steroid dienone is 1. The summed E-state index contributed by atoms with van der Waals surface area (Å²) in [4.78, 5) is 32.7. The van der Waals surface area contributed by atoms with Crippen LogP contribution in [0.25, 0.3) is 16.3 Å². The molecule has 0 spiro atoms. The highest BCUT2D eigenvalue weighted by molar-refractivity contribution is 7.22. The number of aromatic nitrogens is 1. The predicted octanol–water partition coefficient (Wildman–Crippen LogP) is 6.53. The molecular formula is C28H21ClN2O4S. The van der Waals surface area contributed by atoms with Crippen LogP contribution in [0.2, 0.25) is 5.02 Å². The molecule has 5 rings (SSSR count). The molecule has 0 saturated heterocycles. The highest BCUT2D eigenvalue weighted by Gasteiger charge is 2.45. The van der Waals surface area contributed by atoms with Crippen LogP contribution in [0.4, 0.5) is 5.13 Å². The van der Waals surface area contributed by atoms with Crippen LogP contribution in [0.15, 0.2) is 90.2 Å². The summed E-state index contributed by atoms with van der Waals surface area (Å²) in [5.74, 6) is -1.07. The van der Waals surface area contributed by atoms with Gasteiger partial charge in [-0.2, -0.15) is 0 Å². The monoisotopic (exact) mass is 516 g/mol. The third-order valence-electron chi connectivity index (χ3n) is 5.73. The molecule has 1 amide bonds. The zero-order valence-electron chi connectivity index (χ0n) is 19.2. The molecule has 180 valence electrons. The van der Waals surface area contributed by atoms with Crippen molar-refractivity contribution < 1.29 is 19.4 Å². The summed E-state index contributed by atoms with van der Waals surface area (Å²) in [6.07, 6.45) is 3.01. The molecule has 0 radical (unpaired) electrons. The van der Waals surface area contributed by atoms with E-state index in [1.54, 1.807) is 30.3 Å². The normalized spacial score (nSPS) is 15.9. The number of thiazole rings is 1. The number of hydrogen-bond acceptors (Lipinski definition) is 6. The van der Waals surface area contributed by atoms with Crippen LogP contribution in [0.5, 0.6) is 5.75 Å². The average molecular weight is 517 g/mol. The molecule has 1 aliphatic heterocycles. The minimum Gasteiger partial charge on any atom is -0.503 e. The molecule has 3 aromatic carbocycles. The second kappa shape index (κ2) is 9.97. The average Bonchev–Trinajstić information content (AvgIpc) is 3.41. The Morgan fingerprint density at radius 2 is 1.94 bits per heavy atom. The molecule has 0 bridgehead atoms. The van der Waals surface area contributed by atoms with Gasteiger partial charge in [0.1, 0.15) is 5.75 Å². The molecule has 2 heterocycles. The van der Waals surface area contributed by atoms with E-state index in [1.165, 1.54) is 22.3 Å². The van der Waals surface area contributed by atoms with Crippen LogP contribution < -0.4 is 9.64 Å². The highest BCUT2D eigenvalue weighted by Crippen LogP contribution is 2.44. The Balaban J connectivity index is 1.59. The second-order valence-corrected chi connectivity index (χ2v) is 9.51. The molecule has 4 aromatic rings. The second-order valence-electron chi connectivity index (χ2n) is 8.06. The number of halogens is 1. The Labute approximate surface area is 216 Å². The van der Waals surface area contributed by atoms with Crippen molar-refractivity contribution in [3.63, 3.8) is 0 Å².